The number of benzene rings is 1. The monoisotopic (exact) mass is 233 g/mol. The van der Waals surface area contributed by atoms with E-state index < -0.39 is 0 Å². The highest BCUT2D eigenvalue weighted by Crippen LogP contribution is 2.18. The maximum Gasteiger partial charge on any atom is 0.159 e. The molecule has 0 aliphatic heterocycles. The smallest absolute Gasteiger partial charge is 0.159 e. The van der Waals surface area contributed by atoms with Gasteiger partial charge in [0.1, 0.15) is 4.49 Å². The van der Waals surface area contributed by atoms with Gasteiger partial charge in [0.15, 0.2) is 5.16 Å². The number of nitrogens with zero attached hydrogens (tertiary/aromatic N) is 1. The summed E-state index contributed by atoms with van der Waals surface area (Å²) < 4.78 is -0.0335. The van der Waals surface area contributed by atoms with Gasteiger partial charge in [-0.1, -0.05) is 65.1 Å². The second-order valence-corrected chi connectivity index (χ2v) is 3.53. The highest BCUT2D eigenvalue weighted by molar-refractivity contribution is 6.59. The molecule has 0 heterocycles. The zero-order valence-corrected chi connectivity index (χ0v) is 8.81. The van der Waals surface area contributed by atoms with E-state index in [0.717, 1.165) is 5.56 Å². The molecule has 4 heteroatoms. The van der Waals surface area contributed by atoms with E-state index in [1.165, 1.54) is 0 Å². The summed E-state index contributed by atoms with van der Waals surface area (Å²) in [7, 11) is 0. The molecule has 0 saturated heterocycles. The number of rotatable bonds is 2. The summed E-state index contributed by atoms with van der Waals surface area (Å²) in [6, 6.07) is 9.53. The van der Waals surface area contributed by atoms with Crippen LogP contribution in [0.3, 0.4) is 0 Å². The average molecular weight is 235 g/mol. The minimum atomic E-state index is -0.0335. The Hall–Kier alpha value is -0.500. The lowest BCUT2D eigenvalue weighted by molar-refractivity contribution is 1.52. The van der Waals surface area contributed by atoms with Gasteiger partial charge in [0.2, 0.25) is 0 Å². The molecule has 0 amide bonds. The van der Waals surface area contributed by atoms with Gasteiger partial charge in [-0.3, -0.25) is 0 Å². The predicted octanol–water partition coefficient (Wildman–Crippen LogP) is 3.95. The molecule has 0 aromatic heterocycles. The Morgan fingerprint density at radius 2 is 1.69 bits per heavy atom. The molecule has 0 unspecified atom stereocenters. The Morgan fingerprint density at radius 3 is 2.23 bits per heavy atom. The first-order valence-corrected chi connectivity index (χ1v) is 4.63. The molecule has 0 radical (unpaired) electrons. The van der Waals surface area contributed by atoms with Crippen molar-refractivity contribution in [3.8, 4) is 0 Å². The van der Waals surface area contributed by atoms with E-state index in [2.05, 4.69) is 4.99 Å². The lowest BCUT2D eigenvalue weighted by Crippen LogP contribution is -1.78. The van der Waals surface area contributed by atoms with Gasteiger partial charge in [-0.25, -0.2) is 4.99 Å². The second-order valence-electron chi connectivity index (χ2n) is 2.22. The fraction of sp³-hybridized carbons (Fsp3) is 0. The van der Waals surface area contributed by atoms with Crippen LogP contribution in [0.5, 0.6) is 0 Å². The largest absolute Gasteiger partial charge is 0.241 e. The van der Waals surface area contributed by atoms with Crippen LogP contribution in [0.4, 0.5) is 0 Å². The third-order valence-electron chi connectivity index (χ3n) is 1.28. The van der Waals surface area contributed by atoms with E-state index in [9.17, 15) is 0 Å². The molecule has 0 fully saturated rings. The van der Waals surface area contributed by atoms with Crippen molar-refractivity contribution in [1.29, 1.82) is 0 Å². The quantitative estimate of drug-likeness (QED) is 0.543. The number of halogens is 3. The van der Waals surface area contributed by atoms with Crippen molar-refractivity contribution in [2.45, 2.75) is 0 Å². The fourth-order valence-corrected chi connectivity index (χ4v) is 0.865. The first kappa shape index (κ1) is 10.6. The summed E-state index contributed by atoms with van der Waals surface area (Å²) in [5, 5.41) is 0.0900. The SMILES string of the molecule is ClC(Cl)=C(Cl)N=Cc1ccccc1. The van der Waals surface area contributed by atoms with Gasteiger partial charge in [0.25, 0.3) is 0 Å². The van der Waals surface area contributed by atoms with Gasteiger partial charge in [-0.15, -0.1) is 0 Å². The predicted molar refractivity (Wildman–Crippen MR) is 58.6 cm³/mol. The molecule has 13 heavy (non-hydrogen) atoms. The molecule has 0 atom stereocenters. The highest BCUT2D eigenvalue weighted by atomic mass is 35.5. The molecule has 68 valence electrons. The zero-order chi connectivity index (χ0) is 9.68. The molecule has 1 rings (SSSR count). The first-order chi connectivity index (χ1) is 6.20. The number of hydrogen-bond donors (Lipinski definition) is 0. The lowest BCUT2D eigenvalue weighted by Gasteiger charge is -1.90. The van der Waals surface area contributed by atoms with Gasteiger partial charge < -0.3 is 0 Å². The molecule has 0 saturated carbocycles. The molecular formula is C9H6Cl3N. The maximum atomic E-state index is 5.58. The van der Waals surface area contributed by atoms with E-state index in [1.807, 2.05) is 30.3 Å². The molecule has 0 N–H and O–H groups in total. The van der Waals surface area contributed by atoms with Crippen LogP contribution in [0, 0.1) is 0 Å². The van der Waals surface area contributed by atoms with Gasteiger partial charge in [-0.2, -0.15) is 0 Å². The molecule has 0 aliphatic rings. The van der Waals surface area contributed by atoms with Crippen molar-refractivity contribution in [3.05, 3.63) is 45.5 Å². The summed E-state index contributed by atoms with van der Waals surface area (Å²) in [6.45, 7) is 0. The Kier molecular flexibility index (Phi) is 4.29. The van der Waals surface area contributed by atoms with Crippen molar-refractivity contribution in [1.82, 2.24) is 0 Å². The third kappa shape index (κ3) is 3.81. The Balaban J connectivity index is 2.76. The summed E-state index contributed by atoms with van der Waals surface area (Å²) in [5.41, 5.74) is 0.940. The molecule has 1 aromatic carbocycles. The van der Waals surface area contributed by atoms with Gasteiger partial charge in [0.05, 0.1) is 0 Å². The Labute approximate surface area is 91.6 Å². The van der Waals surface area contributed by atoms with E-state index >= 15 is 0 Å². The number of hydrogen-bond acceptors (Lipinski definition) is 1. The standard InChI is InChI=1S/C9H6Cl3N/c10-8(11)9(12)13-6-7-4-2-1-3-5-7/h1-6H. The highest BCUT2D eigenvalue weighted by Gasteiger charge is 1.93. The van der Waals surface area contributed by atoms with E-state index in [4.69, 9.17) is 34.8 Å². The molecular weight excluding hydrogens is 228 g/mol. The summed E-state index contributed by atoms with van der Waals surface area (Å²) >= 11 is 16.4. The Morgan fingerprint density at radius 1 is 1.08 bits per heavy atom. The summed E-state index contributed by atoms with van der Waals surface area (Å²) in [6.07, 6.45) is 1.59. The van der Waals surface area contributed by atoms with Crippen molar-refractivity contribution >= 4 is 41.0 Å². The van der Waals surface area contributed by atoms with Crippen LogP contribution in [0.1, 0.15) is 5.56 Å². The molecule has 1 nitrogen and oxygen atoms in total. The normalized spacial score (nSPS) is 10.4. The molecule has 0 aliphatic carbocycles. The fourth-order valence-electron chi connectivity index (χ4n) is 0.719. The average Bonchev–Trinajstić information content (AvgIpc) is 2.15. The first-order valence-electron chi connectivity index (χ1n) is 3.50. The van der Waals surface area contributed by atoms with Crippen molar-refractivity contribution in [2.24, 2.45) is 4.99 Å². The van der Waals surface area contributed by atoms with E-state index in [0.29, 0.717) is 0 Å². The second kappa shape index (κ2) is 5.28. The number of aliphatic imine (C=N–C) groups is 1. The van der Waals surface area contributed by atoms with Crippen molar-refractivity contribution < 1.29 is 0 Å². The lowest BCUT2D eigenvalue weighted by atomic mass is 10.2. The summed E-state index contributed by atoms with van der Waals surface area (Å²) in [4.78, 5) is 3.85. The molecule has 1 aromatic rings. The van der Waals surface area contributed by atoms with Gasteiger partial charge >= 0.3 is 0 Å². The van der Waals surface area contributed by atoms with E-state index in [-0.39, 0.29) is 9.65 Å². The zero-order valence-electron chi connectivity index (χ0n) is 6.55. The van der Waals surface area contributed by atoms with Gasteiger partial charge in [0, 0.05) is 6.21 Å². The van der Waals surface area contributed by atoms with Crippen LogP contribution in [0.15, 0.2) is 45.0 Å². The van der Waals surface area contributed by atoms with Crippen LogP contribution in [-0.2, 0) is 0 Å². The van der Waals surface area contributed by atoms with Crippen LogP contribution in [0.25, 0.3) is 0 Å². The van der Waals surface area contributed by atoms with E-state index in [1.54, 1.807) is 6.21 Å². The van der Waals surface area contributed by atoms with Gasteiger partial charge in [-0.05, 0) is 5.56 Å². The third-order valence-corrected chi connectivity index (χ3v) is 2.12. The van der Waals surface area contributed by atoms with Crippen molar-refractivity contribution in [2.75, 3.05) is 0 Å². The van der Waals surface area contributed by atoms with Crippen LogP contribution in [0.2, 0.25) is 0 Å². The minimum absolute atomic E-state index is 0.0335. The van der Waals surface area contributed by atoms with Crippen LogP contribution in [-0.4, -0.2) is 6.21 Å². The van der Waals surface area contributed by atoms with Crippen molar-refractivity contribution in [3.63, 3.8) is 0 Å². The van der Waals surface area contributed by atoms with Crippen LogP contribution < -0.4 is 0 Å². The van der Waals surface area contributed by atoms with Crippen LogP contribution >= 0.6 is 34.8 Å². The summed E-state index contributed by atoms with van der Waals surface area (Å²) in [5.74, 6) is 0. The topological polar surface area (TPSA) is 12.4 Å². The molecule has 0 spiro atoms. The minimum Gasteiger partial charge on any atom is -0.241 e. The Bertz CT molecular complexity index is 326. The molecule has 0 bridgehead atoms. The maximum absolute atomic E-state index is 5.58.